The average molecular weight is 284 g/mol. The molecule has 9 heteroatoms. The smallest absolute Gasteiger partial charge is 0.260 e. The maximum atomic E-state index is 12.1. The highest BCUT2D eigenvalue weighted by molar-refractivity contribution is 7.89. The number of nitrogens with one attached hydrogen (secondary N) is 1. The molecule has 0 bridgehead atoms. The lowest BCUT2D eigenvalue weighted by molar-refractivity contribution is 0.570. The predicted octanol–water partition coefficient (Wildman–Crippen LogP) is -0.743. The average Bonchev–Trinajstić information content (AvgIpc) is 2.86. The molecular weight excluding hydrogens is 268 g/mol. The summed E-state index contributed by atoms with van der Waals surface area (Å²) in [6, 6.07) is 0. The molecule has 8 nitrogen and oxygen atoms in total. The first-order valence-electron chi connectivity index (χ1n) is 5.64. The SMILES string of the molecule is Cn1ccnc1CCNS(=O)(=O)c1c(N)ncn1C. The van der Waals surface area contributed by atoms with Crippen LogP contribution in [0.1, 0.15) is 5.82 Å². The Hall–Kier alpha value is -1.87. The minimum atomic E-state index is -3.66. The van der Waals surface area contributed by atoms with Crippen molar-refractivity contribution in [3.63, 3.8) is 0 Å². The minimum absolute atomic E-state index is 0.00742. The second-order valence-electron chi connectivity index (χ2n) is 4.15. The van der Waals surface area contributed by atoms with E-state index >= 15 is 0 Å². The van der Waals surface area contributed by atoms with E-state index in [-0.39, 0.29) is 17.4 Å². The number of imidazole rings is 2. The molecule has 19 heavy (non-hydrogen) atoms. The molecule has 0 aliphatic carbocycles. The fraction of sp³-hybridized carbons (Fsp3) is 0.400. The van der Waals surface area contributed by atoms with Gasteiger partial charge in [0.05, 0.1) is 6.33 Å². The van der Waals surface area contributed by atoms with Gasteiger partial charge in [-0.2, -0.15) is 0 Å². The first-order valence-corrected chi connectivity index (χ1v) is 7.13. The zero-order valence-corrected chi connectivity index (χ0v) is 11.6. The summed E-state index contributed by atoms with van der Waals surface area (Å²) in [6.07, 6.45) is 5.34. The van der Waals surface area contributed by atoms with Crippen molar-refractivity contribution >= 4 is 15.8 Å². The predicted molar refractivity (Wildman–Crippen MR) is 69.7 cm³/mol. The van der Waals surface area contributed by atoms with E-state index < -0.39 is 10.0 Å². The number of aromatic nitrogens is 4. The van der Waals surface area contributed by atoms with Crippen LogP contribution in [0.2, 0.25) is 0 Å². The Kier molecular flexibility index (Phi) is 3.58. The number of rotatable bonds is 5. The van der Waals surface area contributed by atoms with E-state index in [0.29, 0.717) is 6.42 Å². The Labute approximate surface area is 111 Å². The number of anilines is 1. The third kappa shape index (κ3) is 2.76. The van der Waals surface area contributed by atoms with Crippen molar-refractivity contribution < 1.29 is 8.42 Å². The van der Waals surface area contributed by atoms with Crippen molar-refractivity contribution in [3.8, 4) is 0 Å². The Morgan fingerprint density at radius 3 is 2.58 bits per heavy atom. The van der Waals surface area contributed by atoms with Gasteiger partial charge < -0.3 is 14.9 Å². The standard InChI is InChI=1S/C10H16N6O2S/c1-15-6-5-12-8(15)3-4-14-19(17,18)10-9(11)13-7-16(10)2/h5-7,14H,3-4,11H2,1-2H3. The lowest BCUT2D eigenvalue weighted by atomic mass is 10.4. The molecular formula is C10H16N6O2S. The van der Waals surface area contributed by atoms with Gasteiger partial charge in [-0.05, 0) is 0 Å². The molecule has 0 aliphatic heterocycles. The Balaban J connectivity index is 2.05. The molecule has 0 fully saturated rings. The van der Waals surface area contributed by atoms with E-state index in [1.807, 2.05) is 17.8 Å². The van der Waals surface area contributed by atoms with Crippen LogP contribution < -0.4 is 10.5 Å². The molecule has 2 heterocycles. The molecule has 3 N–H and O–H groups in total. The van der Waals surface area contributed by atoms with Gasteiger partial charge in [0.1, 0.15) is 5.82 Å². The van der Waals surface area contributed by atoms with Crippen molar-refractivity contribution in [1.82, 2.24) is 23.8 Å². The number of aryl methyl sites for hydroxylation is 2. The molecule has 2 aromatic rings. The van der Waals surface area contributed by atoms with Gasteiger partial charge >= 0.3 is 0 Å². The molecule has 2 rings (SSSR count). The summed E-state index contributed by atoms with van der Waals surface area (Å²) in [5, 5.41) is -0.0210. The largest absolute Gasteiger partial charge is 0.381 e. The van der Waals surface area contributed by atoms with Crippen LogP contribution in [-0.2, 0) is 30.5 Å². The molecule has 0 aromatic carbocycles. The van der Waals surface area contributed by atoms with Gasteiger partial charge in [0.15, 0.2) is 10.8 Å². The zero-order valence-electron chi connectivity index (χ0n) is 10.7. The van der Waals surface area contributed by atoms with E-state index in [1.54, 1.807) is 13.2 Å². The summed E-state index contributed by atoms with van der Waals surface area (Å²) in [7, 11) is -0.219. The molecule has 0 atom stereocenters. The van der Waals surface area contributed by atoms with E-state index in [9.17, 15) is 8.42 Å². The second-order valence-corrected chi connectivity index (χ2v) is 5.83. The summed E-state index contributed by atoms with van der Waals surface area (Å²) in [4.78, 5) is 7.88. The molecule has 2 aromatic heterocycles. The highest BCUT2D eigenvalue weighted by atomic mass is 32.2. The highest BCUT2D eigenvalue weighted by Gasteiger charge is 2.21. The number of nitrogens with two attached hydrogens (primary N) is 1. The van der Waals surface area contributed by atoms with Crippen molar-refractivity contribution in [1.29, 1.82) is 0 Å². The molecule has 0 saturated carbocycles. The summed E-state index contributed by atoms with van der Waals surface area (Å²) in [6.45, 7) is 0.248. The number of hydrogen-bond acceptors (Lipinski definition) is 5. The van der Waals surface area contributed by atoms with Crippen LogP contribution in [0.5, 0.6) is 0 Å². The van der Waals surface area contributed by atoms with Gasteiger partial charge in [0.25, 0.3) is 10.0 Å². The fourth-order valence-corrected chi connectivity index (χ4v) is 3.03. The van der Waals surface area contributed by atoms with Gasteiger partial charge in [0.2, 0.25) is 0 Å². The Morgan fingerprint density at radius 2 is 2.05 bits per heavy atom. The Bertz CT molecular complexity index is 653. The molecule has 0 aliphatic rings. The quantitative estimate of drug-likeness (QED) is 0.751. The van der Waals surface area contributed by atoms with Crippen LogP contribution in [0.3, 0.4) is 0 Å². The van der Waals surface area contributed by atoms with Crippen molar-refractivity contribution in [3.05, 3.63) is 24.5 Å². The summed E-state index contributed by atoms with van der Waals surface area (Å²) in [5.74, 6) is 0.799. The maximum Gasteiger partial charge on any atom is 0.260 e. The normalized spacial score (nSPS) is 11.9. The molecule has 0 saturated heterocycles. The van der Waals surface area contributed by atoms with E-state index in [2.05, 4.69) is 14.7 Å². The number of hydrogen-bond donors (Lipinski definition) is 2. The van der Waals surface area contributed by atoms with E-state index in [1.165, 1.54) is 10.9 Å². The lowest BCUT2D eigenvalue weighted by Crippen LogP contribution is -2.28. The van der Waals surface area contributed by atoms with E-state index in [4.69, 9.17) is 5.73 Å². The van der Waals surface area contributed by atoms with Crippen molar-refractivity contribution in [2.24, 2.45) is 14.1 Å². The van der Waals surface area contributed by atoms with Crippen LogP contribution in [0.25, 0.3) is 0 Å². The number of sulfonamides is 1. The summed E-state index contributed by atoms with van der Waals surface area (Å²) in [5.41, 5.74) is 5.55. The third-order valence-electron chi connectivity index (χ3n) is 2.73. The lowest BCUT2D eigenvalue weighted by Gasteiger charge is -2.07. The van der Waals surface area contributed by atoms with Gasteiger partial charge in [-0.25, -0.2) is 23.1 Å². The van der Waals surface area contributed by atoms with Crippen molar-refractivity contribution in [2.45, 2.75) is 11.4 Å². The van der Waals surface area contributed by atoms with Crippen LogP contribution in [0, 0.1) is 0 Å². The highest BCUT2D eigenvalue weighted by Crippen LogP contribution is 2.14. The molecule has 0 radical (unpaired) electrons. The summed E-state index contributed by atoms with van der Waals surface area (Å²) < 4.78 is 29.8. The first kappa shape index (κ1) is 13.6. The second kappa shape index (κ2) is 5.02. The molecule has 0 amide bonds. The van der Waals surface area contributed by atoms with Crippen LogP contribution >= 0.6 is 0 Å². The van der Waals surface area contributed by atoms with Crippen LogP contribution in [-0.4, -0.2) is 34.1 Å². The molecule has 0 unspecified atom stereocenters. The van der Waals surface area contributed by atoms with E-state index in [0.717, 1.165) is 5.82 Å². The monoisotopic (exact) mass is 284 g/mol. The van der Waals surface area contributed by atoms with Crippen LogP contribution in [0.4, 0.5) is 5.82 Å². The topological polar surface area (TPSA) is 108 Å². The van der Waals surface area contributed by atoms with Crippen LogP contribution in [0.15, 0.2) is 23.7 Å². The number of nitrogens with zero attached hydrogens (tertiary/aromatic N) is 4. The van der Waals surface area contributed by atoms with Gasteiger partial charge in [-0.15, -0.1) is 0 Å². The zero-order chi connectivity index (χ0) is 14.0. The Morgan fingerprint density at radius 1 is 1.32 bits per heavy atom. The maximum absolute atomic E-state index is 12.1. The van der Waals surface area contributed by atoms with Gasteiger partial charge in [0, 0.05) is 39.5 Å². The van der Waals surface area contributed by atoms with Gasteiger partial charge in [-0.1, -0.05) is 0 Å². The third-order valence-corrected chi connectivity index (χ3v) is 4.32. The van der Waals surface area contributed by atoms with Crippen molar-refractivity contribution in [2.75, 3.05) is 12.3 Å². The molecule has 104 valence electrons. The number of nitrogen functional groups attached to an aromatic ring is 1. The fourth-order valence-electron chi connectivity index (χ4n) is 1.77. The minimum Gasteiger partial charge on any atom is -0.381 e. The molecule has 0 spiro atoms. The first-order chi connectivity index (χ1) is 8.92. The van der Waals surface area contributed by atoms with Gasteiger partial charge in [-0.3, -0.25) is 0 Å². The summed E-state index contributed by atoms with van der Waals surface area (Å²) >= 11 is 0.